The van der Waals surface area contributed by atoms with Gasteiger partial charge in [-0.3, -0.25) is 14.5 Å². The minimum absolute atomic E-state index is 0.168. The molecule has 142 valence electrons. The molecule has 0 bridgehead atoms. The second-order valence-electron chi connectivity index (χ2n) is 7.46. The van der Waals surface area contributed by atoms with Gasteiger partial charge in [-0.1, -0.05) is 20.8 Å². The van der Waals surface area contributed by atoms with E-state index in [2.05, 4.69) is 0 Å². The third kappa shape index (κ3) is 3.13. The van der Waals surface area contributed by atoms with Crippen LogP contribution in [0.25, 0.3) is 0 Å². The van der Waals surface area contributed by atoms with Crippen molar-refractivity contribution in [1.82, 2.24) is 0 Å². The van der Waals surface area contributed by atoms with Gasteiger partial charge in [-0.25, -0.2) is 8.78 Å². The first-order valence-electron chi connectivity index (χ1n) is 8.35. The maximum Gasteiger partial charge on any atom is 0.294 e. The zero-order chi connectivity index (χ0) is 20.1. The summed E-state index contributed by atoms with van der Waals surface area (Å²) >= 11 is 0. The van der Waals surface area contributed by atoms with Crippen LogP contribution in [-0.2, 0) is 9.59 Å². The van der Waals surface area contributed by atoms with E-state index >= 15 is 0 Å². The summed E-state index contributed by atoms with van der Waals surface area (Å²) in [5, 5.41) is 10.4. The number of anilines is 1. The normalized spacial score (nSPS) is 17.8. The van der Waals surface area contributed by atoms with Crippen molar-refractivity contribution in [2.45, 2.75) is 33.7 Å². The van der Waals surface area contributed by atoms with Crippen molar-refractivity contribution in [2.75, 3.05) is 4.90 Å². The standard InChI is InChI=1S/C20H19F2NO4/c1-10-5-8-14(27-10)16-15(18(25)20(2,3)4)17(24)19(26)23(16)13-9-11(21)6-7-12(13)22/h5-9,16,24H,1-4H3. The molecule has 1 aliphatic heterocycles. The van der Waals surface area contributed by atoms with Crippen molar-refractivity contribution in [2.24, 2.45) is 5.41 Å². The molecule has 1 N–H and O–H groups in total. The molecular formula is C20H19F2NO4. The lowest BCUT2D eigenvalue weighted by atomic mass is 9.83. The highest BCUT2D eigenvalue weighted by molar-refractivity contribution is 6.17. The Hall–Kier alpha value is -2.96. The first kappa shape index (κ1) is 18.8. The van der Waals surface area contributed by atoms with Crippen LogP contribution in [0, 0.1) is 24.0 Å². The van der Waals surface area contributed by atoms with Gasteiger partial charge in [-0.05, 0) is 31.2 Å². The Labute approximate surface area is 154 Å². The minimum Gasteiger partial charge on any atom is -0.503 e. The van der Waals surface area contributed by atoms with Crippen LogP contribution in [-0.4, -0.2) is 16.8 Å². The van der Waals surface area contributed by atoms with Crippen molar-refractivity contribution in [1.29, 1.82) is 0 Å². The molecule has 2 aromatic rings. The molecule has 0 aliphatic carbocycles. The number of halogens is 2. The van der Waals surface area contributed by atoms with Gasteiger partial charge in [0.05, 0.1) is 11.3 Å². The number of aliphatic hydroxyl groups excluding tert-OH is 1. The summed E-state index contributed by atoms with van der Waals surface area (Å²) < 4.78 is 33.7. The van der Waals surface area contributed by atoms with Crippen molar-refractivity contribution in [3.05, 3.63) is 64.8 Å². The summed E-state index contributed by atoms with van der Waals surface area (Å²) in [6, 6.07) is 4.59. The second-order valence-corrected chi connectivity index (χ2v) is 7.46. The lowest BCUT2D eigenvalue weighted by Crippen LogP contribution is -2.33. The number of hydrogen-bond acceptors (Lipinski definition) is 4. The zero-order valence-electron chi connectivity index (χ0n) is 15.3. The van der Waals surface area contributed by atoms with E-state index in [1.807, 2.05) is 0 Å². The molecular weight excluding hydrogens is 356 g/mol. The number of hydrogen-bond donors (Lipinski definition) is 1. The highest BCUT2D eigenvalue weighted by atomic mass is 19.1. The number of furan rings is 1. The first-order valence-corrected chi connectivity index (χ1v) is 8.35. The lowest BCUT2D eigenvalue weighted by Gasteiger charge is -2.27. The van der Waals surface area contributed by atoms with E-state index in [0.717, 1.165) is 23.1 Å². The molecule has 0 radical (unpaired) electrons. The van der Waals surface area contributed by atoms with Gasteiger partial charge in [0.2, 0.25) is 0 Å². The molecule has 1 aromatic carbocycles. The van der Waals surface area contributed by atoms with Gasteiger partial charge in [-0.2, -0.15) is 0 Å². The minimum atomic E-state index is -1.20. The first-order chi connectivity index (χ1) is 12.5. The van der Waals surface area contributed by atoms with Gasteiger partial charge >= 0.3 is 0 Å². The maximum absolute atomic E-state index is 14.4. The summed E-state index contributed by atoms with van der Waals surface area (Å²) in [5.41, 5.74) is -1.51. The van der Waals surface area contributed by atoms with E-state index < -0.39 is 40.5 Å². The molecule has 2 heterocycles. The third-order valence-electron chi connectivity index (χ3n) is 4.33. The zero-order valence-corrected chi connectivity index (χ0v) is 15.3. The van der Waals surface area contributed by atoms with Gasteiger partial charge in [0.25, 0.3) is 5.91 Å². The number of aliphatic hydroxyl groups is 1. The summed E-state index contributed by atoms with van der Waals surface area (Å²) in [4.78, 5) is 26.5. The van der Waals surface area contributed by atoms with E-state index in [0.29, 0.717) is 5.76 Å². The molecule has 1 atom stereocenters. The molecule has 1 unspecified atom stereocenters. The van der Waals surface area contributed by atoms with Gasteiger partial charge in [-0.15, -0.1) is 0 Å². The SMILES string of the molecule is Cc1ccc(C2C(C(=O)C(C)(C)C)=C(O)C(=O)N2c2cc(F)ccc2F)o1. The van der Waals surface area contributed by atoms with E-state index in [4.69, 9.17) is 4.42 Å². The Balaban J connectivity index is 2.24. The van der Waals surface area contributed by atoms with E-state index in [9.17, 15) is 23.5 Å². The number of aryl methyl sites for hydroxylation is 1. The number of carbonyl (C=O) groups excluding carboxylic acids is 2. The van der Waals surface area contributed by atoms with Crippen LogP contribution in [0.4, 0.5) is 14.5 Å². The summed E-state index contributed by atoms with van der Waals surface area (Å²) in [6.07, 6.45) is 0. The summed E-state index contributed by atoms with van der Waals surface area (Å²) in [6.45, 7) is 6.57. The number of ketones is 1. The Morgan fingerprint density at radius 3 is 2.41 bits per heavy atom. The third-order valence-corrected chi connectivity index (χ3v) is 4.33. The van der Waals surface area contributed by atoms with Crippen LogP contribution < -0.4 is 4.90 Å². The molecule has 0 spiro atoms. The molecule has 0 saturated carbocycles. The van der Waals surface area contributed by atoms with E-state index in [1.54, 1.807) is 33.8 Å². The highest BCUT2D eigenvalue weighted by Gasteiger charge is 2.48. The highest BCUT2D eigenvalue weighted by Crippen LogP contribution is 2.44. The Morgan fingerprint density at radius 1 is 1.19 bits per heavy atom. The van der Waals surface area contributed by atoms with Crippen molar-refractivity contribution >= 4 is 17.4 Å². The quantitative estimate of drug-likeness (QED) is 0.864. The number of Topliss-reactive ketones (excluding diaryl/α,β-unsaturated/α-hetero) is 1. The average molecular weight is 375 g/mol. The van der Waals surface area contributed by atoms with Crippen molar-refractivity contribution in [3.63, 3.8) is 0 Å². The topological polar surface area (TPSA) is 70.8 Å². The average Bonchev–Trinajstić information content (AvgIpc) is 3.11. The molecule has 27 heavy (non-hydrogen) atoms. The molecule has 0 saturated heterocycles. The van der Waals surface area contributed by atoms with Gasteiger partial charge in [0, 0.05) is 11.5 Å². The van der Waals surface area contributed by atoms with Crippen LogP contribution in [0.2, 0.25) is 0 Å². The summed E-state index contributed by atoms with van der Waals surface area (Å²) in [7, 11) is 0. The Bertz CT molecular complexity index is 969. The molecule has 5 nitrogen and oxygen atoms in total. The van der Waals surface area contributed by atoms with Crippen LogP contribution in [0.5, 0.6) is 0 Å². The predicted molar refractivity (Wildman–Crippen MR) is 94.1 cm³/mol. The number of amides is 1. The molecule has 1 amide bonds. The van der Waals surface area contributed by atoms with Gasteiger partial charge < -0.3 is 9.52 Å². The van der Waals surface area contributed by atoms with Crippen LogP contribution in [0.15, 0.2) is 46.1 Å². The Morgan fingerprint density at radius 2 is 1.85 bits per heavy atom. The molecule has 7 heteroatoms. The number of benzene rings is 1. The van der Waals surface area contributed by atoms with Crippen molar-refractivity contribution < 1.29 is 27.9 Å². The van der Waals surface area contributed by atoms with E-state index in [1.165, 1.54) is 6.07 Å². The maximum atomic E-state index is 14.4. The fourth-order valence-corrected chi connectivity index (χ4v) is 3.03. The van der Waals surface area contributed by atoms with E-state index in [-0.39, 0.29) is 17.0 Å². The Kier molecular flexibility index (Phi) is 4.41. The fraction of sp³-hybridized carbons (Fsp3) is 0.300. The second kappa shape index (κ2) is 6.33. The van der Waals surface area contributed by atoms with Crippen LogP contribution in [0.3, 0.4) is 0 Å². The van der Waals surface area contributed by atoms with Crippen LogP contribution in [0.1, 0.15) is 38.3 Å². The number of carbonyl (C=O) groups is 2. The van der Waals surface area contributed by atoms with Crippen molar-refractivity contribution in [3.8, 4) is 0 Å². The molecule has 1 aliphatic rings. The monoisotopic (exact) mass is 375 g/mol. The largest absolute Gasteiger partial charge is 0.503 e. The van der Waals surface area contributed by atoms with Gasteiger partial charge in [0.1, 0.15) is 29.2 Å². The molecule has 0 fully saturated rings. The predicted octanol–water partition coefficient (Wildman–Crippen LogP) is 4.38. The fourth-order valence-electron chi connectivity index (χ4n) is 3.03. The summed E-state index contributed by atoms with van der Waals surface area (Å²) in [5.74, 6) is -3.23. The number of rotatable bonds is 3. The van der Waals surface area contributed by atoms with Crippen LogP contribution >= 0.6 is 0 Å². The molecule has 1 aromatic heterocycles. The number of nitrogens with zero attached hydrogens (tertiary/aromatic N) is 1. The lowest BCUT2D eigenvalue weighted by molar-refractivity contribution is -0.123. The molecule has 3 rings (SSSR count). The van der Waals surface area contributed by atoms with Gasteiger partial charge in [0.15, 0.2) is 11.5 Å². The smallest absolute Gasteiger partial charge is 0.294 e.